The number of rotatable bonds is 4. The van der Waals surface area contributed by atoms with Gasteiger partial charge >= 0.3 is 6.18 Å². The van der Waals surface area contributed by atoms with Gasteiger partial charge in [-0.3, -0.25) is 4.79 Å². The van der Waals surface area contributed by atoms with Crippen molar-refractivity contribution in [3.8, 4) is 0 Å². The third-order valence-electron chi connectivity index (χ3n) is 5.66. The molecule has 180 valence electrons. The summed E-state index contributed by atoms with van der Waals surface area (Å²) >= 11 is 12.2. The molecule has 1 heterocycles. The lowest BCUT2D eigenvalue weighted by molar-refractivity contribution is -0.140. The van der Waals surface area contributed by atoms with Crippen LogP contribution in [-0.2, 0) is 6.18 Å². The lowest BCUT2D eigenvalue weighted by Crippen LogP contribution is -2.40. The summed E-state index contributed by atoms with van der Waals surface area (Å²) in [6, 6.07) is 5.85. The van der Waals surface area contributed by atoms with Crippen LogP contribution in [0, 0.1) is 11.6 Å². The molecule has 11 heteroatoms. The number of anilines is 1. The Bertz CT molecular complexity index is 1220. The molecule has 0 bridgehead atoms. The first-order valence-corrected chi connectivity index (χ1v) is 11.2. The largest absolute Gasteiger partial charge is 0.433 e. The number of nitrogens with one attached hydrogen (secondary N) is 2. The summed E-state index contributed by atoms with van der Waals surface area (Å²) in [5, 5.41) is 6.57. The van der Waals surface area contributed by atoms with Crippen molar-refractivity contribution in [1.29, 1.82) is 0 Å². The number of nitrogens with zero attached hydrogens (tertiary/aromatic N) is 1. The van der Waals surface area contributed by atoms with E-state index < -0.39 is 29.4 Å². The van der Waals surface area contributed by atoms with Crippen molar-refractivity contribution in [2.75, 3.05) is 5.32 Å². The van der Waals surface area contributed by atoms with Crippen LogP contribution in [0.4, 0.5) is 27.6 Å². The fraction of sp³-hybridized carbons (Fsp3) is 0.304. The minimum Gasteiger partial charge on any atom is -0.382 e. The van der Waals surface area contributed by atoms with Crippen molar-refractivity contribution in [2.45, 2.75) is 43.9 Å². The minimum absolute atomic E-state index is 0.0260. The molecule has 0 radical (unpaired) electrons. The van der Waals surface area contributed by atoms with E-state index in [9.17, 15) is 26.7 Å². The van der Waals surface area contributed by atoms with Crippen molar-refractivity contribution in [3.05, 3.63) is 69.3 Å². The lowest BCUT2D eigenvalue weighted by atomic mass is 9.90. The predicted molar refractivity (Wildman–Crippen MR) is 120 cm³/mol. The van der Waals surface area contributed by atoms with Gasteiger partial charge in [0.05, 0.1) is 10.5 Å². The highest BCUT2D eigenvalue weighted by molar-refractivity contribution is 6.39. The van der Waals surface area contributed by atoms with E-state index in [0.717, 1.165) is 18.2 Å². The second-order valence-electron chi connectivity index (χ2n) is 8.16. The number of fused-ring (bicyclic) bond motifs is 1. The molecule has 1 aliphatic carbocycles. The Morgan fingerprint density at radius 2 is 1.53 bits per heavy atom. The molecule has 4 rings (SSSR count). The average Bonchev–Trinajstić information content (AvgIpc) is 2.73. The quantitative estimate of drug-likeness (QED) is 0.366. The summed E-state index contributed by atoms with van der Waals surface area (Å²) in [4.78, 5) is 16.0. The number of carbonyl (C=O) groups excluding carboxylic acids is 1. The van der Waals surface area contributed by atoms with Gasteiger partial charge in [0, 0.05) is 39.8 Å². The zero-order valence-corrected chi connectivity index (χ0v) is 19.0. The van der Waals surface area contributed by atoms with E-state index in [4.69, 9.17) is 23.2 Å². The van der Waals surface area contributed by atoms with Crippen molar-refractivity contribution in [3.63, 3.8) is 0 Å². The number of benzene rings is 2. The average molecular weight is 518 g/mol. The molecular formula is C23H18Cl2F5N3O. The third-order valence-corrected chi connectivity index (χ3v) is 6.18. The molecule has 34 heavy (non-hydrogen) atoms. The lowest BCUT2D eigenvalue weighted by Gasteiger charge is -2.31. The van der Waals surface area contributed by atoms with Crippen LogP contribution in [0.3, 0.4) is 0 Å². The molecule has 0 spiro atoms. The summed E-state index contributed by atoms with van der Waals surface area (Å²) in [6.45, 7) is 0. The van der Waals surface area contributed by atoms with Gasteiger partial charge in [-0.05, 0) is 56.0 Å². The summed E-state index contributed by atoms with van der Waals surface area (Å²) in [7, 11) is 0. The van der Waals surface area contributed by atoms with Gasteiger partial charge in [0.1, 0.15) is 17.3 Å². The van der Waals surface area contributed by atoms with Crippen LogP contribution < -0.4 is 10.6 Å². The summed E-state index contributed by atoms with van der Waals surface area (Å²) in [6.07, 6.45) is -2.53. The first-order valence-electron chi connectivity index (χ1n) is 10.4. The van der Waals surface area contributed by atoms with Gasteiger partial charge in [-0.1, -0.05) is 23.2 Å². The van der Waals surface area contributed by atoms with Gasteiger partial charge in [0.25, 0.3) is 5.91 Å². The molecular weight excluding hydrogens is 500 g/mol. The van der Waals surface area contributed by atoms with Crippen LogP contribution in [0.1, 0.15) is 41.7 Å². The summed E-state index contributed by atoms with van der Waals surface area (Å²) in [5.41, 5.74) is -0.960. The Morgan fingerprint density at radius 1 is 0.912 bits per heavy atom. The van der Waals surface area contributed by atoms with Crippen LogP contribution in [0.2, 0.25) is 10.0 Å². The zero-order chi connectivity index (χ0) is 24.6. The highest BCUT2D eigenvalue weighted by Gasteiger charge is 2.34. The standard InChI is InChI=1S/C23H18Cl2F5N3O/c24-12-7-17(25)21-18(8-12)33-20(23(28,29)30)10-19(21)31-15-1-3-16(4-2-15)32-22(34)11-5-13(26)9-14(27)6-11/h5-10,15-16H,1-4H2,(H,31,33)(H,32,34)/t15-,16+. The summed E-state index contributed by atoms with van der Waals surface area (Å²) in [5.74, 6) is -2.28. The Balaban J connectivity index is 1.47. The Hall–Kier alpha value is -2.65. The second kappa shape index (κ2) is 9.54. The predicted octanol–water partition coefficient (Wildman–Crippen LogP) is 6.99. The van der Waals surface area contributed by atoms with Gasteiger partial charge in [-0.15, -0.1) is 0 Å². The topological polar surface area (TPSA) is 54.0 Å². The third kappa shape index (κ3) is 5.52. The zero-order valence-electron chi connectivity index (χ0n) is 17.4. The highest BCUT2D eigenvalue weighted by atomic mass is 35.5. The fourth-order valence-electron chi connectivity index (χ4n) is 4.10. The number of hydrogen-bond acceptors (Lipinski definition) is 3. The number of aromatic nitrogens is 1. The SMILES string of the molecule is O=C(N[C@H]1CC[C@@H](Nc2cc(C(F)(F)F)nc3cc(Cl)cc(Cl)c23)CC1)c1cc(F)cc(F)c1. The van der Waals surface area contributed by atoms with E-state index in [0.29, 0.717) is 37.1 Å². The molecule has 4 nitrogen and oxygen atoms in total. The number of halogens is 7. The van der Waals surface area contributed by atoms with Crippen LogP contribution in [0.15, 0.2) is 36.4 Å². The highest BCUT2D eigenvalue weighted by Crippen LogP contribution is 2.38. The first kappa shape index (κ1) is 24.5. The Morgan fingerprint density at radius 3 is 2.15 bits per heavy atom. The van der Waals surface area contributed by atoms with E-state index in [1.54, 1.807) is 0 Å². The van der Waals surface area contributed by atoms with Gasteiger partial charge in [-0.25, -0.2) is 13.8 Å². The molecule has 2 aromatic carbocycles. The van der Waals surface area contributed by atoms with Crippen LogP contribution in [0.5, 0.6) is 0 Å². The Kier molecular flexibility index (Phi) is 6.87. The Labute approximate surface area is 201 Å². The number of pyridine rings is 1. The monoisotopic (exact) mass is 517 g/mol. The maximum absolute atomic E-state index is 13.4. The van der Waals surface area contributed by atoms with Gasteiger partial charge in [0.15, 0.2) is 0 Å². The molecule has 1 amide bonds. The maximum atomic E-state index is 13.4. The van der Waals surface area contributed by atoms with Gasteiger partial charge < -0.3 is 10.6 Å². The van der Waals surface area contributed by atoms with Crippen molar-refractivity contribution in [2.24, 2.45) is 0 Å². The molecule has 1 aliphatic rings. The van der Waals surface area contributed by atoms with E-state index >= 15 is 0 Å². The minimum atomic E-state index is -4.66. The molecule has 0 aliphatic heterocycles. The van der Waals surface area contributed by atoms with E-state index in [1.165, 1.54) is 12.1 Å². The van der Waals surface area contributed by atoms with Crippen molar-refractivity contribution >= 4 is 45.7 Å². The van der Waals surface area contributed by atoms with E-state index in [-0.39, 0.29) is 38.9 Å². The number of carbonyl (C=O) groups is 1. The first-order chi connectivity index (χ1) is 16.0. The normalized spacial score (nSPS) is 18.7. The second-order valence-corrected chi connectivity index (χ2v) is 9.00. The molecule has 2 N–H and O–H groups in total. The van der Waals surface area contributed by atoms with Gasteiger partial charge in [-0.2, -0.15) is 13.2 Å². The molecule has 1 saturated carbocycles. The molecule has 1 fully saturated rings. The van der Waals surface area contributed by atoms with E-state index in [1.807, 2.05) is 0 Å². The molecule has 0 saturated heterocycles. The molecule has 0 unspecified atom stereocenters. The van der Waals surface area contributed by atoms with Crippen molar-refractivity contribution in [1.82, 2.24) is 10.3 Å². The number of amides is 1. The number of hydrogen-bond donors (Lipinski definition) is 2. The van der Waals surface area contributed by atoms with Crippen LogP contribution in [-0.4, -0.2) is 23.0 Å². The van der Waals surface area contributed by atoms with Gasteiger partial charge in [0.2, 0.25) is 0 Å². The number of alkyl halides is 3. The molecule has 3 aromatic rings. The maximum Gasteiger partial charge on any atom is 0.433 e. The van der Waals surface area contributed by atoms with Crippen molar-refractivity contribution < 1.29 is 26.7 Å². The molecule has 1 aromatic heterocycles. The fourth-order valence-corrected chi connectivity index (χ4v) is 4.68. The molecule has 0 atom stereocenters. The van der Waals surface area contributed by atoms with Crippen LogP contribution in [0.25, 0.3) is 10.9 Å². The van der Waals surface area contributed by atoms with Crippen LogP contribution >= 0.6 is 23.2 Å². The summed E-state index contributed by atoms with van der Waals surface area (Å²) < 4.78 is 66.9. The van der Waals surface area contributed by atoms with E-state index in [2.05, 4.69) is 15.6 Å². The smallest absolute Gasteiger partial charge is 0.382 e.